The third kappa shape index (κ3) is 5.42. The molecule has 2 saturated heterocycles. The number of piperidine rings is 1. The molecule has 2 aliphatic heterocycles. The maximum Gasteiger partial charge on any atom is 0.269 e. The smallest absolute Gasteiger partial charge is 0.269 e. The number of amides is 2. The molecule has 0 unspecified atom stereocenters. The van der Waals surface area contributed by atoms with Crippen molar-refractivity contribution in [2.24, 2.45) is 13.0 Å². The SMILES string of the molecule is Cn1nc(C(C)(C)C)cc1C(=O)NC[C@@H]1C[C@H]2CC[C@@H](C1)N2CC(=O)NC(C)(C)C. The van der Waals surface area contributed by atoms with Crippen molar-refractivity contribution in [3.05, 3.63) is 17.5 Å². The van der Waals surface area contributed by atoms with Crippen LogP contribution in [0.3, 0.4) is 0 Å². The molecule has 3 rings (SSSR count). The Morgan fingerprint density at radius 3 is 2.20 bits per heavy atom. The highest BCUT2D eigenvalue weighted by atomic mass is 16.2. The van der Waals surface area contributed by atoms with Crippen LogP contribution in [-0.4, -0.2) is 57.2 Å². The number of hydrogen-bond acceptors (Lipinski definition) is 4. The van der Waals surface area contributed by atoms with Gasteiger partial charge in [-0.2, -0.15) is 5.10 Å². The number of rotatable bonds is 5. The predicted molar refractivity (Wildman–Crippen MR) is 118 cm³/mol. The molecular weight excluding hydrogens is 378 g/mol. The number of nitrogens with one attached hydrogen (secondary N) is 2. The predicted octanol–water partition coefficient (Wildman–Crippen LogP) is 2.61. The van der Waals surface area contributed by atoms with Crippen LogP contribution in [0.1, 0.15) is 83.4 Å². The molecule has 1 aromatic heterocycles. The molecule has 168 valence electrons. The summed E-state index contributed by atoms with van der Waals surface area (Å²) in [5, 5.41) is 10.7. The summed E-state index contributed by atoms with van der Waals surface area (Å²) < 4.78 is 1.68. The molecule has 2 aliphatic rings. The van der Waals surface area contributed by atoms with Crippen LogP contribution in [0, 0.1) is 5.92 Å². The number of nitrogens with zero attached hydrogens (tertiary/aromatic N) is 3. The fraction of sp³-hybridized carbons (Fsp3) is 0.783. The van der Waals surface area contributed by atoms with Gasteiger partial charge in [0.25, 0.3) is 5.91 Å². The quantitative estimate of drug-likeness (QED) is 0.772. The van der Waals surface area contributed by atoms with Crippen molar-refractivity contribution < 1.29 is 9.59 Å². The molecule has 2 bridgehead atoms. The Kier molecular flexibility index (Phi) is 6.33. The van der Waals surface area contributed by atoms with E-state index >= 15 is 0 Å². The second-order valence-electron chi connectivity index (χ2n) is 11.2. The van der Waals surface area contributed by atoms with Crippen molar-refractivity contribution in [3.63, 3.8) is 0 Å². The fourth-order valence-electron chi connectivity index (χ4n) is 4.81. The summed E-state index contributed by atoms with van der Waals surface area (Å²) in [6.45, 7) is 13.5. The summed E-state index contributed by atoms with van der Waals surface area (Å²) in [4.78, 5) is 27.5. The van der Waals surface area contributed by atoms with E-state index in [9.17, 15) is 9.59 Å². The van der Waals surface area contributed by atoms with Crippen molar-refractivity contribution in [2.45, 2.75) is 90.3 Å². The van der Waals surface area contributed by atoms with Crippen LogP contribution in [-0.2, 0) is 17.3 Å². The van der Waals surface area contributed by atoms with Crippen LogP contribution in [0.4, 0.5) is 0 Å². The first kappa shape index (κ1) is 22.8. The summed E-state index contributed by atoms with van der Waals surface area (Å²) >= 11 is 0. The maximum atomic E-state index is 12.7. The third-order valence-corrected chi connectivity index (χ3v) is 6.25. The zero-order valence-electron chi connectivity index (χ0n) is 19.7. The van der Waals surface area contributed by atoms with Gasteiger partial charge in [0.05, 0.1) is 12.2 Å². The fourth-order valence-corrected chi connectivity index (χ4v) is 4.81. The minimum Gasteiger partial charge on any atom is -0.350 e. The molecule has 2 fully saturated rings. The molecular formula is C23H39N5O2. The van der Waals surface area contributed by atoms with Crippen LogP contribution in [0.2, 0.25) is 0 Å². The van der Waals surface area contributed by atoms with Gasteiger partial charge in [-0.1, -0.05) is 20.8 Å². The van der Waals surface area contributed by atoms with Gasteiger partial charge in [0.2, 0.25) is 5.91 Å². The summed E-state index contributed by atoms with van der Waals surface area (Å²) in [6, 6.07) is 2.79. The third-order valence-electron chi connectivity index (χ3n) is 6.25. The first-order valence-electron chi connectivity index (χ1n) is 11.2. The molecule has 1 aromatic rings. The summed E-state index contributed by atoms with van der Waals surface area (Å²) in [5.74, 6) is 0.514. The van der Waals surface area contributed by atoms with Crippen molar-refractivity contribution in [3.8, 4) is 0 Å². The molecule has 0 aliphatic carbocycles. The highest BCUT2D eigenvalue weighted by Gasteiger charge is 2.41. The lowest BCUT2D eigenvalue weighted by molar-refractivity contribution is -0.125. The van der Waals surface area contributed by atoms with Gasteiger partial charge in [-0.15, -0.1) is 0 Å². The molecule has 3 atom stereocenters. The lowest BCUT2D eigenvalue weighted by atomic mass is 9.90. The van der Waals surface area contributed by atoms with E-state index < -0.39 is 0 Å². The molecule has 7 nitrogen and oxygen atoms in total. The molecule has 30 heavy (non-hydrogen) atoms. The molecule has 7 heteroatoms. The van der Waals surface area contributed by atoms with Crippen LogP contribution in [0.25, 0.3) is 0 Å². The van der Waals surface area contributed by atoms with E-state index in [-0.39, 0.29) is 22.8 Å². The van der Waals surface area contributed by atoms with Gasteiger partial charge in [0, 0.05) is 36.6 Å². The van der Waals surface area contributed by atoms with E-state index in [0.717, 1.165) is 31.4 Å². The number of hydrogen-bond donors (Lipinski definition) is 2. The van der Waals surface area contributed by atoms with Gasteiger partial charge >= 0.3 is 0 Å². The topological polar surface area (TPSA) is 79.3 Å². The standard InChI is InChI=1S/C23H39N5O2/c1-22(2,3)19-12-18(27(7)26-19)21(30)24-13-15-10-16-8-9-17(11-15)28(16)14-20(29)25-23(4,5)6/h12,15-17H,8-11,13-14H2,1-7H3,(H,24,30)(H,25,29)/t15-,16-,17+. The Hall–Kier alpha value is -1.89. The average Bonchev–Trinajstić information content (AvgIpc) is 3.08. The Bertz CT molecular complexity index is 772. The number of aromatic nitrogens is 2. The number of carbonyl (C=O) groups is 2. The van der Waals surface area contributed by atoms with Crippen LogP contribution >= 0.6 is 0 Å². The highest BCUT2D eigenvalue weighted by Crippen LogP contribution is 2.38. The number of fused-ring (bicyclic) bond motifs is 2. The van der Waals surface area contributed by atoms with E-state index in [1.54, 1.807) is 4.68 Å². The number of aryl methyl sites for hydroxylation is 1. The first-order chi connectivity index (χ1) is 13.8. The first-order valence-corrected chi connectivity index (χ1v) is 11.2. The van der Waals surface area contributed by atoms with Gasteiger partial charge in [0.15, 0.2) is 0 Å². The van der Waals surface area contributed by atoms with Gasteiger partial charge in [-0.25, -0.2) is 0 Å². The van der Waals surface area contributed by atoms with Crippen LogP contribution < -0.4 is 10.6 Å². The second kappa shape index (κ2) is 8.33. The molecule has 0 radical (unpaired) electrons. The van der Waals surface area contributed by atoms with E-state index in [0.29, 0.717) is 36.8 Å². The van der Waals surface area contributed by atoms with E-state index in [2.05, 4.69) is 41.4 Å². The normalized spacial score (nSPS) is 24.7. The largest absolute Gasteiger partial charge is 0.350 e. The summed E-state index contributed by atoms with van der Waals surface area (Å²) in [5.41, 5.74) is 1.26. The van der Waals surface area contributed by atoms with Gasteiger partial charge < -0.3 is 10.6 Å². The van der Waals surface area contributed by atoms with Gasteiger partial charge in [-0.05, 0) is 58.4 Å². The Morgan fingerprint density at radius 1 is 1.10 bits per heavy atom. The van der Waals surface area contributed by atoms with Crippen molar-refractivity contribution >= 4 is 11.8 Å². The highest BCUT2D eigenvalue weighted by molar-refractivity contribution is 5.92. The van der Waals surface area contributed by atoms with Crippen LogP contribution in [0.15, 0.2) is 6.07 Å². The lowest BCUT2D eigenvalue weighted by Gasteiger charge is -2.39. The maximum absolute atomic E-state index is 12.7. The van der Waals surface area contributed by atoms with Gasteiger partial charge in [-0.3, -0.25) is 19.2 Å². The van der Waals surface area contributed by atoms with E-state index in [1.165, 1.54) is 0 Å². The molecule has 0 aromatic carbocycles. The molecule has 3 heterocycles. The van der Waals surface area contributed by atoms with Crippen molar-refractivity contribution in [2.75, 3.05) is 13.1 Å². The average molecular weight is 418 g/mol. The van der Waals surface area contributed by atoms with E-state index in [1.807, 2.05) is 33.9 Å². The van der Waals surface area contributed by atoms with Crippen LogP contribution in [0.5, 0.6) is 0 Å². The van der Waals surface area contributed by atoms with Crippen molar-refractivity contribution in [1.29, 1.82) is 0 Å². The Balaban J connectivity index is 1.53. The van der Waals surface area contributed by atoms with E-state index in [4.69, 9.17) is 0 Å². The Labute approximate surface area is 181 Å². The summed E-state index contributed by atoms with van der Waals surface area (Å²) in [6.07, 6.45) is 4.37. The Morgan fingerprint density at radius 2 is 1.70 bits per heavy atom. The minimum absolute atomic E-state index is 0.0557. The number of carbonyl (C=O) groups excluding carboxylic acids is 2. The zero-order valence-corrected chi connectivity index (χ0v) is 19.7. The molecule has 0 saturated carbocycles. The zero-order chi connectivity index (χ0) is 22.3. The van der Waals surface area contributed by atoms with Crippen molar-refractivity contribution in [1.82, 2.24) is 25.3 Å². The molecule has 2 N–H and O–H groups in total. The van der Waals surface area contributed by atoms with Gasteiger partial charge in [0.1, 0.15) is 5.69 Å². The lowest BCUT2D eigenvalue weighted by Crippen LogP contribution is -2.52. The second-order valence-corrected chi connectivity index (χ2v) is 11.2. The monoisotopic (exact) mass is 417 g/mol. The molecule has 0 spiro atoms. The summed E-state index contributed by atoms with van der Waals surface area (Å²) in [7, 11) is 1.82. The minimum atomic E-state index is -0.197. The molecule has 2 amide bonds.